The van der Waals surface area contributed by atoms with Gasteiger partial charge in [-0.2, -0.15) is 0 Å². The maximum absolute atomic E-state index is 12.6. The van der Waals surface area contributed by atoms with E-state index in [4.69, 9.17) is 9.47 Å². The van der Waals surface area contributed by atoms with Gasteiger partial charge >= 0.3 is 0 Å². The second kappa shape index (κ2) is 10.3. The third-order valence-corrected chi connectivity index (χ3v) is 6.75. The molecule has 0 fully saturated rings. The number of rotatable bonds is 7. The van der Waals surface area contributed by atoms with Crippen LogP contribution in [0.1, 0.15) is 59.7 Å². The van der Waals surface area contributed by atoms with Gasteiger partial charge in [0.1, 0.15) is 10.7 Å². The summed E-state index contributed by atoms with van der Waals surface area (Å²) in [7, 11) is 1.49. The van der Waals surface area contributed by atoms with E-state index < -0.39 is 11.8 Å². The summed E-state index contributed by atoms with van der Waals surface area (Å²) in [5.41, 5.74) is 6.09. The number of aryl methyl sites for hydroxylation is 3. The quantitative estimate of drug-likeness (QED) is 0.443. The highest BCUT2D eigenvalue weighted by molar-refractivity contribution is 7.18. The Hall–Kier alpha value is -3.40. The molecule has 0 saturated heterocycles. The molecule has 4 rings (SSSR count). The fourth-order valence-corrected chi connectivity index (χ4v) is 5.26. The Kier molecular flexibility index (Phi) is 7.16. The summed E-state index contributed by atoms with van der Waals surface area (Å²) in [4.78, 5) is 46.7. The molecule has 2 aromatic heterocycles. The molecule has 180 valence electrons. The summed E-state index contributed by atoms with van der Waals surface area (Å²) in [5.74, 6) is 0.535. The van der Waals surface area contributed by atoms with Gasteiger partial charge in [0, 0.05) is 23.3 Å². The van der Waals surface area contributed by atoms with Crippen LogP contribution in [0.15, 0.2) is 23.0 Å². The van der Waals surface area contributed by atoms with Gasteiger partial charge in [0.25, 0.3) is 11.5 Å². The molecule has 0 saturated carbocycles. The third kappa shape index (κ3) is 5.22. The number of aromatic nitrogens is 2. The molecule has 0 radical (unpaired) electrons. The summed E-state index contributed by atoms with van der Waals surface area (Å²) >= 11 is 1.57. The predicted molar refractivity (Wildman–Crippen MR) is 130 cm³/mol. The number of H-pyrrole nitrogens is 1. The minimum atomic E-state index is -0.486. The molecule has 0 unspecified atom stereocenters. The van der Waals surface area contributed by atoms with Crippen molar-refractivity contribution in [2.24, 2.45) is 0 Å². The van der Waals surface area contributed by atoms with E-state index in [2.05, 4.69) is 20.8 Å². The number of nitrogens with zero attached hydrogens (tertiary/aromatic N) is 1. The van der Waals surface area contributed by atoms with Crippen molar-refractivity contribution in [3.63, 3.8) is 0 Å². The van der Waals surface area contributed by atoms with E-state index in [0.29, 0.717) is 28.3 Å². The molecule has 0 spiro atoms. The van der Waals surface area contributed by atoms with Crippen molar-refractivity contribution < 1.29 is 19.1 Å². The topological polar surface area (TPSA) is 122 Å². The fourth-order valence-electron chi connectivity index (χ4n) is 3.98. The first-order valence-corrected chi connectivity index (χ1v) is 12.1. The zero-order valence-electron chi connectivity index (χ0n) is 19.4. The molecule has 10 heteroatoms. The van der Waals surface area contributed by atoms with Crippen molar-refractivity contribution in [1.29, 1.82) is 0 Å². The maximum atomic E-state index is 12.6. The van der Waals surface area contributed by atoms with Crippen LogP contribution in [-0.4, -0.2) is 35.0 Å². The zero-order chi connectivity index (χ0) is 24.2. The van der Waals surface area contributed by atoms with Crippen LogP contribution in [0.3, 0.4) is 0 Å². The van der Waals surface area contributed by atoms with Crippen LogP contribution < -0.4 is 25.9 Å². The second-order valence-electron chi connectivity index (χ2n) is 8.44. The van der Waals surface area contributed by atoms with Gasteiger partial charge in [-0.15, -0.1) is 11.3 Å². The smallest absolute Gasteiger partial charge is 0.269 e. The molecule has 0 bridgehead atoms. The van der Waals surface area contributed by atoms with Crippen LogP contribution in [0.4, 0.5) is 0 Å². The number of carbonyl (C=O) groups excluding carboxylic acids is 2. The first-order valence-electron chi connectivity index (χ1n) is 11.3. The van der Waals surface area contributed by atoms with E-state index in [9.17, 15) is 14.4 Å². The van der Waals surface area contributed by atoms with E-state index in [-0.39, 0.29) is 24.5 Å². The van der Waals surface area contributed by atoms with E-state index >= 15 is 0 Å². The van der Waals surface area contributed by atoms with Gasteiger partial charge in [0.05, 0.1) is 18.6 Å². The van der Waals surface area contributed by atoms with E-state index in [1.54, 1.807) is 29.5 Å². The Morgan fingerprint density at radius 2 is 1.97 bits per heavy atom. The summed E-state index contributed by atoms with van der Waals surface area (Å²) in [6, 6.07) is 4.78. The number of thiophene rings is 1. The third-order valence-electron chi connectivity index (χ3n) is 5.57. The van der Waals surface area contributed by atoms with Crippen molar-refractivity contribution in [2.45, 2.75) is 58.5 Å². The van der Waals surface area contributed by atoms with E-state index in [1.807, 2.05) is 13.8 Å². The number of fused-ring (bicyclic) bond motifs is 3. The number of amides is 2. The lowest BCUT2D eigenvalue weighted by molar-refractivity contribution is -0.121. The Balaban J connectivity index is 1.34. The van der Waals surface area contributed by atoms with Gasteiger partial charge in [0.15, 0.2) is 11.5 Å². The molecule has 2 amide bonds. The van der Waals surface area contributed by atoms with Crippen LogP contribution >= 0.6 is 11.3 Å². The number of carbonyl (C=O) groups is 2. The van der Waals surface area contributed by atoms with Gasteiger partial charge in [-0.25, -0.2) is 4.98 Å². The second-order valence-corrected chi connectivity index (χ2v) is 9.52. The number of methoxy groups -OCH3 is 1. The molecule has 1 aliphatic carbocycles. The zero-order valence-corrected chi connectivity index (χ0v) is 20.3. The number of benzene rings is 1. The van der Waals surface area contributed by atoms with Crippen LogP contribution in [0.2, 0.25) is 0 Å². The highest BCUT2D eigenvalue weighted by Crippen LogP contribution is 2.33. The van der Waals surface area contributed by atoms with Crippen LogP contribution in [0.5, 0.6) is 11.5 Å². The number of hydrogen-bond acceptors (Lipinski definition) is 7. The number of nitrogens with one attached hydrogen (secondary N) is 3. The SMILES string of the molecule is COc1cc(C(=O)NNC(=O)CCc2nc3sc4c(c3c(=O)[nH]2)CCCC4)ccc1OC(C)C. The molecular weight excluding hydrogens is 456 g/mol. The highest BCUT2D eigenvalue weighted by atomic mass is 32.1. The van der Waals surface area contributed by atoms with Crippen molar-refractivity contribution >= 4 is 33.4 Å². The standard InChI is InChI=1S/C24H28N4O5S/c1-13(2)33-16-9-8-14(12-17(16)32-3)22(30)28-27-20(29)11-10-19-25-23(31)21-15-6-4-5-7-18(15)34-24(21)26-19/h8-9,12-13H,4-7,10-11H2,1-3H3,(H,27,29)(H,28,30)(H,25,26,31). The molecule has 0 aliphatic heterocycles. The average Bonchev–Trinajstić information content (AvgIpc) is 3.20. The summed E-state index contributed by atoms with van der Waals surface area (Å²) in [6.07, 6.45) is 4.42. The van der Waals surface area contributed by atoms with Crippen molar-refractivity contribution in [3.8, 4) is 11.5 Å². The monoisotopic (exact) mass is 484 g/mol. The minimum Gasteiger partial charge on any atom is -0.493 e. The molecule has 1 aromatic carbocycles. The fraction of sp³-hybridized carbons (Fsp3) is 0.417. The number of aromatic amines is 1. The van der Waals surface area contributed by atoms with Crippen molar-refractivity contribution in [2.75, 3.05) is 7.11 Å². The van der Waals surface area contributed by atoms with Gasteiger partial charge in [-0.1, -0.05) is 0 Å². The predicted octanol–water partition coefficient (Wildman–Crippen LogP) is 3.05. The van der Waals surface area contributed by atoms with Gasteiger partial charge in [-0.05, 0) is 63.3 Å². The highest BCUT2D eigenvalue weighted by Gasteiger charge is 2.20. The normalized spacial score (nSPS) is 12.9. The molecule has 0 atom stereocenters. The number of hydrazine groups is 1. The number of hydrogen-bond donors (Lipinski definition) is 3. The molecule has 3 N–H and O–H groups in total. The number of ether oxygens (including phenoxy) is 2. The van der Waals surface area contributed by atoms with Gasteiger partial charge in [-0.3, -0.25) is 25.2 Å². The molecular formula is C24H28N4O5S. The Labute approximate surface area is 200 Å². The molecule has 1 aliphatic rings. The van der Waals surface area contributed by atoms with Gasteiger partial charge in [0.2, 0.25) is 5.91 Å². The van der Waals surface area contributed by atoms with E-state index in [0.717, 1.165) is 36.1 Å². The first-order chi connectivity index (χ1) is 16.4. The lowest BCUT2D eigenvalue weighted by Crippen LogP contribution is -2.41. The molecule has 9 nitrogen and oxygen atoms in total. The van der Waals surface area contributed by atoms with Crippen molar-refractivity contribution in [3.05, 3.63) is 50.4 Å². The Bertz CT molecular complexity index is 1280. The maximum Gasteiger partial charge on any atom is 0.269 e. The molecule has 34 heavy (non-hydrogen) atoms. The van der Waals surface area contributed by atoms with E-state index in [1.165, 1.54) is 12.0 Å². The Morgan fingerprint density at radius 1 is 1.18 bits per heavy atom. The van der Waals surface area contributed by atoms with Crippen LogP contribution in [-0.2, 0) is 24.1 Å². The summed E-state index contributed by atoms with van der Waals surface area (Å²) in [5, 5.41) is 0.695. The molecule has 2 heterocycles. The summed E-state index contributed by atoms with van der Waals surface area (Å²) < 4.78 is 10.9. The molecule has 3 aromatic rings. The lowest BCUT2D eigenvalue weighted by atomic mass is 9.97. The van der Waals surface area contributed by atoms with Crippen LogP contribution in [0.25, 0.3) is 10.2 Å². The largest absolute Gasteiger partial charge is 0.493 e. The van der Waals surface area contributed by atoms with Crippen LogP contribution in [0, 0.1) is 0 Å². The average molecular weight is 485 g/mol. The summed E-state index contributed by atoms with van der Waals surface area (Å²) in [6.45, 7) is 3.79. The minimum absolute atomic E-state index is 0.0387. The first kappa shape index (κ1) is 23.7. The van der Waals surface area contributed by atoms with Gasteiger partial charge < -0.3 is 14.5 Å². The lowest BCUT2D eigenvalue weighted by Gasteiger charge is -2.14. The Morgan fingerprint density at radius 3 is 2.74 bits per heavy atom. The van der Waals surface area contributed by atoms with Crippen molar-refractivity contribution in [1.82, 2.24) is 20.8 Å².